The molecule has 2 N–H and O–H groups in total. The number of carbonyl (C=O) groups excluding carboxylic acids is 1. The molecule has 0 heterocycles. The molecule has 0 saturated carbocycles. The van der Waals surface area contributed by atoms with Gasteiger partial charge >= 0.3 is 0 Å². The molecule has 21 heavy (non-hydrogen) atoms. The predicted octanol–water partition coefficient (Wildman–Crippen LogP) is 1.66. The van der Waals surface area contributed by atoms with Crippen molar-refractivity contribution < 1.29 is 19.0 Å². The molecule has 1 amide bonds. The Balaban J connectivity index is 2.57. The maximum absolute atomic E-state index is 12.0. The fraction of sp³-hybridized carbons (Fsp3) is 0.533. The highest BCUT2D eigenvalue weighted by Crippen LogP contribution is 2.29. The highest BCUT2D eigenvalue weighted by molar-refractivity contribution is 5.84. The van der Waals surface area contributed by atoms with Gasteiger partial charge in [0.1, 0.15) is 17.5 Å². The molecule has 0 aromatic heterocycles. The molecule has 0 aliphatic rings. The SMILES string of the molecule is COCCCNC(=O)C(C)Nc1ccc(OC)cc1OC. The molecular formula is C15H24N2O4. The zero-order chi connectivity index (χ0) is 15.7. The lowest BCUT2D eigenvalue weighted by Crippen LogP contribution is -2.38. The summed E-state index contributed by atoms with van der Waals surface area (Å²) in [7, 11) is 4.81. The largest absolute Gasteiger partial charge is 0.497 e. The first-order valence-corrected chi connectivity index (χ1v) is 6.87. The molecule has 0 bridgehead atoms. The Labute approximate surface area is 125 Å². The topological polar surface area (TPSA) is 68.8 Å². The summed E-state index contributed by atoms with van der Waals surface area (Å²) >= 11 is 0. The Bertz CT molecular complexity index is 451. The third kappa shape index (κ3) is 5.51. The van der Waals surface area contributed by atoms with E-state index in [1.807, 2.05) is 12.1 Å². The maximum atomic E-state index is 12.0. The zero-order valence-corrected chi connectivity index (χ0v) is 13.1. The van der Waals surface area contributed by atoms with Crippen molar-refractivity contribution in [3.05, 3.63) is 18.2 Å². The molecule has 0 radical (unpaired) electrons. The first kappa shape index (κ1) is 17.1. The number of nitrogens with one attached hydrogen (secondary N) is 2. The highest BCUT2D eigenvalue weighted by atomic mass is 16.5. The van der Waals surface area contributed by atoms with Gasteiger partial charge in [-0.3, -0.25) is 4.79 Å². The summed E-state index contributed by atoms with van der Waals surface area (Å²) in [6.07, 6.45) is 0.792. The average Bonchev–Trinajstić information content (AvgIpc) is 2.51. The molecule has 0 fully saturated rings. The van der Waals surface area contributed by atoms with Crippen LogP contribution in [0.2, 0.25) is 0 Å². The summed E-state index contributed by atoms with van der Waals surface area (Å²) < 4.78 is 15.4. The number of rotatable bonds is 9. The number of ether oxygens (including phenoxy) is 3. The standard InChI is InChI=1S/C15H24N2O4/c1-11(15(18)16-8-5-9-19-2)17-13-7-6-12(20-3)10-14(13)21-4/h6-7,10-11,17H,5,8-9H2,1-4H3,(H,16,18). The second-order valence-corrected chi connectivity index (χ2v) is 4.57. The Morgan fingerprint density at radius 1 is 1.24 bits per heavy atom. The fourth-order valence-corrected chi connectivity index (χ4v) is 1.80. The molecule has 1 aromatic rings. The van der Waals surface area contributed by atoms with E-state index < -0.39 is 0 Å². The number of hydrogen-bond donors (Lipinski definition) is 2. The first-order valence-electron chi connectivity index (χ1n) is 6.87. The van der Waals surface area contributed by atoms with E-state index in [4.69, 9.17) is 14.2 Å². The summed E-state index contributed by atoms with van der Waals surface area (Å²) in [5.74, 6) is 1.27. The Hall–Kier alpha value is -1.95. The quantitative estimate of drug-likeness (QED) is 0.678. The first-order chi connectivity index (χ1) is 10.1. The molecule has 1 aromatic carbocycles. The molecule has 6 nitrogen and oxygen atoms in total. The number of amides is 1. The van der Waals surface area contributed by atoms with Crippen LogP contribution in [0.5, 0.6) is 11.5 Å². The number of methoxy groups -OCH3 is 3. The number of hydrogen-bond acceptors (Lipinski definition) is 5. The number of anilines is 1. The number of carbonyl (C=O) groups is 1. The fourth-order valence-electron chi connectivity index (χ4n) is 1.80. The molecule has 0 aliphatic carbocycles. The normalized spacial score (nSPS) is 11.6. The van der Waals surface area contributed by atoms with Crippen LogP contribution in [0.15, 0.2) is 18.2 Å². The second kappa shape index (κ2) is 9.07. The molecule has 1 rings (SSSR count). The van der Waals surface area contributed by atoms with E-state index in [0.29, 0.717) is 24.7 Å². The number of benzene rings is 1. The van der Waals surface area contributed by atoms with Crippen molar-refractivity contribution in [1.29, 1.82) is 0 Å². The lowest BCUT2D eigenvalue weighted by atomic mass is 10.2. The van der Waals surface area contributed by atoms with Gasteiger partial charge < -0.3 is 24.8 Å². The summed E-state index contributed by atoms with van der Waals surface area (Å²) in [4.78, 5) is 12.0. The van der Waals surface area contributed by atoms with Gasteiger partial charge in [-0.1, -0.05) is 0 Å². The Kier molecular flexibility index (Phi) is 7.39. The van der Waals surface area contributed by atoms with Gasteiger partial charge in [-0.15, -0.1) is 0 Å². The van der Waals surface area contributed by atoms with E-state index in [2.05, 4.69) is 10.6 Å². The molecule has 1 unspecified atom stereocenters. The maximum Gasteiger partial charge on any atom is 0.242 e. The van der Waals surface area contributed by atoms with Crippen LogP contribution < -0.4 is 20.1 Å². The smallest absolute Gasteiger partial charge is 0.242 e. The van der Waals surface area contributed by atoms with Crippen LogP contribution in [-0.4, -0.2) is 46.4 Å². The van der Waals surface area contributed by atoms with Crippen molar-refractivity contribution in [3.63, 3.8) is 0 Å². The Morgan fingerprint density at radius 2 is 2.00 bits per heavy atom. The average molecular weight is 296 g/mol. The van der Waals surface area contributed by atoms with Crippen LogP contribution in [0.25, 0.3) is 0 Å². The molecule has 1 atom stereocenters. The predicted molar refractivity (Wildman–Crippen MR) is 82.1 cm³/mol. The van der Waals surface area contributed by atoms with Crippen molar-refractivity contribution in [3.8, 4) is 11.5 Å². The monoisotopic (exact) mass is 296 g/mol. The van der Waals surface area contributed by atoms with Crippen molar-refractivity contribution in [1.82, 2.24) is 5.32 Å². The minimum absolute atomic E-state index is 0.0658. The van der Waals surface area contributed by atoms with E-state index in [1.54, 1.807) is 34.3 Å². The van der Waals surface area contributed by atoms with Crippen LogP contribution in [0.1, 0.15) is 13.3 Å². The van der Waals surface area contributed by atoms with Crippen molar-refractivity contribution in [2.45, 2.75) is 19.4 Å². The molecule has 0 saturated heterocycles. The molecular weight excluding hydrogens is 272 g/mol. The van der Waals surface area contributed by atoms with Gasteiger partial charge in [0.2, 0.25) is 5.91 Å². The van der Waals surface area contributed by atoms with E-state index in [-0.39, 0.29) is 11.9 Å². The van der Waals surface area contributed by atoms with Gasteiger partial charge in [0.25, 0.3) is 0 Å². The lowest BCUT2D eigenvalue weighted by Gasteiger charge is -2.17. The van der Waals surface area contributed by atoms with E-state index in [1.165, 1.54) is 0 Å². The zero-order valence-electron chi connectivity index (χ0n) is 13.1. The third-order valence-electron chi connectivity index (χ3n) is 3.00. The van der Waals surface area contributed by atoms with Crippen molar-refractivity contribution in [2.75, 3.05) is 39.8 Å². The molecule has 118 valence electrons. The minimum atomic E-state index is -0.366. The summed E-state index contributed by atoms with van der Waals surface area (Å²) in [5.41, 5.74) is 0.748. The second-order valence-electron chi connectivity index (χ2n) is 4.57. The van der Waals surface area contributed by atoms with Gasteiger partial charge in [-0.2, -0.15) is 0 Å². The van der Waals surface area contributed by atoms with Crippen LogP contribution in [0.3, 0.4) is 0 Å². The highest BCUT2D eigenvalue weighted by Gasteiger charge is 2.14. The molecule has 6 heteroatoms. The van der Waals surface area contributed by atoms with Gasteiger partial charge in [-0.25, -0.2) is 0 Å². The summed E-state index contributed by atoms with van der Waals surface area (Å²) in [6, 6.07) is 5.04. The van der Waals surface area contributed by atoms with E-state index in [0.717, 1.165) is 12.1 Å². The van der Waals surface area contributed by atoms with Crippen molar-refractivity contribution in [2.24, 2.45) is 0 Å². The summed E-state index contributed by atoms with van der Waals surface area (Å²) in [5, 5.41) is 5.98. The van der Waals surface area contributed by atoms with Crippen LogP contribution in [-0.2, 0) is 9.53 Å². The van der Waals surface area contributed by atoms with Gasteiger partial charge in [0, 0.05) is 26.3 Å². The van der Waals surface area contributed by atoms with E-state index >= 15 is 0 Å². The van der Waals surface area contributed by atoms with Crippen LogP contribution in [0.4, 0.5) is 5.69 Å². The van der Waals surface area contributed by atoms with Crippen LogP contribution >= 0.6 is 0 Å². The molecule has 0 spiro atoms. The van der Waals surface area contributed by atoms with Gasteiger partial charge in [-0.05, 0) is 25.5 Å². The minimum Gasteiger partial charge on any atom is -0.497 e. The van der Waals surface area contributed by atoms with E-state index in [9.17, 15) is 4.79 Å². The van der Waals surface area contributed by atoms with Gasteiger partial charge in [0.15, 0.2) is 0 Å². The van der Waals surface area contributed by atoms with Gasteiger partial charge in [0.05, 0.1) is 19.9 Å². The Morgan fingerprint density at radius 3 is 2.62 bits per heavy atom. The molecule has 0 aliphatic heterocycles. The third-order valence-corrected chi connectivity index (χ3v) is 3.00. The van der Waals surface area contributed by atoms with Crippen LogP contribution in [0, 0.1) is 0 Å². The lowest BCUT2D eigenvalue weighted by molar-refractivity contribution is -0.121. The summed E-state index contributed by atoms with van der Waals surface area (Å²) in [6.45, 7) is 3.03. The van der Waals surface area contributed by atoms with Crippen molar-refractivity contribution >= 4 is 11.6 Å².